The number of ether oxygens (including phenoxy) is 3. The lowest BCUT2D eigenvalue weighted by molar-refractivity contribution is -0.126. The van der Waals surface area contributed by atoms with E-state index in [4.69, 9.17) is 14.2 Å². The zero-order chi connectivity index (χ0) is 24.2. The minimum Gasteiger partial charge on any atom is -0.497 e. The molecule has 0 aliphatic carbocycles. The third-order valence-corrected chi connectivity index (χ3v) is 4.62. The Labute approximate surface area is 198 Å². The predicted octanol–water partition coefficient (Wildman–Crippen LogP) is 4.15. The lowest BCUT2D eigenvalue weighted by atomic mass is 10.2. The van der Waals surface area contributed by atoms with Crippen LogP contribution in [0.1, 0.15) is 24.5 Å². The van der Waals surface area contributed by atoms with Crippen molar-refractivity contribution in [1.82, 2.24) is 5.43 Å². The monoisotopic (exact) mass is 461 g/mol. The SMILES string of the molecule is CCOc1ccc(NC(=O)CC(=O)NN=Cc2ccc(OCc3ccc(OC)cc3)cc2)cc1. The highest BCUT2D eigenvalue weighted by atomic mass is 16.5. The highest BCUT2D eigenvalue weighted by Crippen LogP contribution is 2.17. The van der Waals surface area contributed by atoms with Crippen LogP contribution < -0.4 is 25.0 Å². The number of amides is 2. The lowest BCUT2D eigenvalue weighted by Crippen LogP contribution is -2.24. The van der Waals surface area contributed by atoms with Gasteiger partial charge in [-0.15, -0.1) is 0 Å². The average molecular weight is 462 g/mol. The van der Waals surface area contributed by atoms with Crippen LogP contribution in [0.4, 0.5) is 5.69 Å². The smallest absolute Gasteiger partial charge is 0.249 e. The van der Waals surface area contributed by atoms with Crippen molar-refractivity contribution in [2.75, 3.05) is 19.0 Å². The van der Waals surface area contributed by atoms with Gasteiger partial charge in [-0.25, -0.2) is 5.43 Å². The van der Waals surface area contributed by atoms with Crippen molar-refractivity contribution in [3.8, 4) is 17.2 Å². The topological polar surface area (TPSA) is 98.2 Å². The van der Waals surface area contributed by atoms with E-state index in [1.807, 2.05) is 55.5 Å². The van der Waals surface area contributed by atoms with Crippen LogP contribution in [0.25, 0.3) is 0 Å². The number of carbonyl (C=O) groups is 2. The highest BCUT2D eigenvalue weighted by Gasteiger charge is 2.09. The second kappa shape index (κ2) is 12.6. The molecule has 0 heterocycles. The number of hydrogen-bond acceptors (Lipinski definition) is 6. The lowest BCUT2D eigenvalue weighted by Gasteiger charge is -2.07. The van der Waals surface area contributed by atoms with E-state index in [-0.39, 0.29) is 6.42 Å². The molecule has 0 fully saturated rings. The van der Waals surface area contributed by atoms with Gasteiger partial charge < -0.3 is 19.5 Å². The first-order valence-electron chi connectivity index (χ1n) is 10.8. The summed E-state index contributed by atoms with van der Waals surface area (Å²) in [5.74, 6) is 1.27. The van der Waals surface area contributed by atoms with Gasteiger partial charge in [0.05, 0.1) is 19.9 Å². The van der Waals surface area contributed by atoms with E-state index in [0.29, 0.717) is 30.4 Å². The maximum Gasteiger partial charge on any atom is 0.249 e. The Bertz CT molecular complexity index is 1090. The normalized spacial score (nSPS) is 10.5. The number of hydrazone groups is 1. The maximum absolute atomic E-state index is 12.0. The summed E-state index contributed by atoms with van der Waals surface area (Å²) in [5, 5.41) is 6.56. The zero-order valence-corrected chi connectivity index (χ0v) is 19.1. The Kier molecular flexibility index (Phi) is 9.04. The minimum absolute atomic E-state index is 0.345. The van der Waals surface area contributed by atoms with Crippen LogP contribution in [0.15, 0.2) is 77.9 Å². The van der Waals surface area contributed by atoms with Gasteiger partial charge in [-0.3, -0.25) is 9.59 Å². The number of nitrogens with one attached hydrogen (secondary N) is 2. The Morgan fingerprint density at radius 3 is 2.09 bits per heavy atom. The van der Waals surface area contributed by atoms with Crippen LogP contribution in [0.3, 0.4) is 0 Å². The van der Waals surface area contributed by atoms with Crippen LogP contribution >= 0.6 is 0 Å². The molecular weight excluding hydrogens is 434 g/mol. The summed E-state index contributed by atoms with van der Waals surface area (Å²) >= 11 is 0. The van der Waals surface area contributed by atoms with E-state index in [2.05, 4.69) is 15.8 Å². The second-order valence-electron chi connectivity index (χ2n) is 7.18. The summed E-state index contributed by atoms with van der Waals surface area (Å²) < 4.78 is 16.3. The first-order chi connectivity index (χ1) is 16.6. The first-order valence-corrected chi connectivity index (χ1v) is 10.8. The quantitative estimate of drug-likeness (QED) is 0.254. The van der Waals surface area contributed by atoms with Gasteiger partial charge in [-0.1, -0.05) is 12.1 Å². The summed E-state index contributed by atoms with van der Waals surface area (Å²) in [6.45, 7) is 2.90. The predicted molar refractivity (Wildman–Crippen MR) is 130 cm³/mol. The van der Waals surface area contributed by atoms with Crippen molar-refractivity contribution in [1.29, 1.82) is 0 Å². The molecule has 0 aromatic heterocycles. The van der Waals surface area contributed by atoms with Crippen LogP contribution in [-0.2, 0) is 16.2 Å². The van der Waals surface area contributed by atoms with E-state index in [9.17, 15) is 9.59 Å². The molecule has 2 N–H and O–H groups in total. The van der Waals surface area contributed by atoms with E-state index in [0.717, 1.165) is 16.9 Å². The van der Waals surface area contributed by atoms with E-state index in [1.165, 1.54) is 6.21 Å². The molecule has 0 radical (unpaired) electrons. The summed E-state index contributed by atoms with van der Waals surface area (Å²) in [6, 6.07) is 21.8. The van der Waals surface area contributed by atoms with Gasteiger partial charge in [0.1, 0.15) is 30.3 Å². The fourth-order valence-corrected chi connectivity index (χ4v) is 2.91. The van der Waals surface area contributed by atoms with Crippen molar-refractivity contribution in [3.05, 3.63) is 83.9 Å². The molecule has 0 atom stereocenters. The van der Waals surface area contributed by atoms with Gasteiger partial charge in [0.15, 0.2) is 0 Å². The molecule has 3 aromatic carbocycles. The summed E-state index contributed by atoms with van der Waals surface area (Å²) in [5.41, 5.74) is 4.74. The molecular formula is C26H27N3O5. The van der Waals surface area contributed by atoms with Gasteiger partial charge in [-0.05, 0) is 78.7 Å². The molecule has 8 heteroatoms. The third-order valence-electron chi connectivity index (χ3n) is 4.62. The van der Waals surface area contributed by atoms with Gasteiger partial charge in [0.2, 0.25) is 11.8 Å². The number of methoxy groups -OCH3 is 1. The summed E-state index contributed by atoms with van der Waals surface area (Å²) in [6.07, 6.45) is 1.15. The number of rotatable bonds is 11. The van der Waals surface area contributed by atoms with E-state index in [1.54, 1.807) is 31.4 Å². The van der Waals surface area contributed by atoms with Crippen LogP contribution in [0, 0.1) is 0 Å². The minimum atomic E-state index is -0.515. The van der Waals surface area contributed by atoms with Crippen molar-refractivity contribution < 1.29 is 23.8 Å². The summed E-state index contributed by atoms with van der Waals surface area (Å²) in [4.78, 5) is 24.0. The number of nitrogens with zero attached hydrogens (tertiary/aromatic N) is 1. The van der Waals surface area contributed by atoms with Crippen LogP contribution in [0.5, 0.6) is 17.2 Å². The van der Waals surface area contributed by atoms with Crippen molar-refractivity contribution in [2.24, 2.45) is 5.10 Å². The van der Waals surface area contributed by atoms with Crippen molar-refractivity contribution >= 4 is 23.7 Å². The molecule has 8 nitrogen and oxygen atoms in total. The fraction of sp³-hybridized carbons (Fsp3) is 0.192. The Balaban J connectivity index is 1.39. The molecule has 0 aliphatic rings. The van der Waals surface area contributed by atoms with Crippen LogP contribution in [0.2, 0.25) is 0 Å². The molecule has 0 unspecified atom stereocenters. The molecule has 0 bridgehead atoms. The Morgan fingerprint density at radius 1 is 0.824 bits per heavy atom. The van der Waals surface area contributed by atoms with Gasteiger partial charge in [0.25, 0.3) is 0 Å². The molecule has 0 saturated heterocycles. The molecule has 3 rings (SSSR count). The molecule has 176 valence electrons. The Hall–Kier alpha value is -4.33. The van der Waals surface area contributed by atoms with Crippen molar-refractivity contribution in [3.63, 3.8) is 0 Å². The second-order valence-corrected chi connectivity index (χ2v) is 7.18. The van der Waals surface area contributed by atoms with E-state index < -0.39 is 11.8 Å². The number of hydrogen-bond donors (Lipinski definition) is 2. The van der Waals surface area contributed by atoms with Gasteiger partial charge in [-0.2, -0.15) is 5.10 Å². The number of carbonyl (C=O) groups excluding carboxylic acids is 2. The molecule has 0 aliphatic heterocycles. The third kappa shape index (κ3) is 7.98. The number of benzene rings is 3. The number of anilines is 1. The van der Waals surface area contributed by atoms with Gasteiger partial charge >= 0.3 is 0 Å². The molecule has 0 saturated carbocycles. The molecule has 2 amide bonds. The highest BCUT2D eigenvalue weighted by molar-refractivity contribution is 6.03. The van der Waals surface area contributed by atoms with E-state index >= 15 is 0 Å². The fourth-order valence-electron chi connectivity index (χ4n) is 2.91. The Morgan fingerprint density at radius 2 is 1.44 bits per heavy atom. The first kappa shape index (κ1) is 24.3. The molecule has 0 spiro atoms. The molecule has 34 heavy (non-hydrogen) atoms. The van der Waals surface area contributed by atoms with Crippen molar-refractivity contribution in [2.45, 2.75) is 20.0 Å². The molecule has 3 aromatic rings. The zero-order valence-electron chi connectivity index (χ0n) is 19.1. The average Bonchev–Trinajstić information content (AvgIpc) is 2.85. The standard InChI is InChI=1S/C26H27N3O5/c1-3-33-23-14-8-21(9-15-23)28-25(30)16-26(31)29-27-17-19-4-12-24(13-5-19)34-18-20-6-10-22(32-2)11-7-20/h4-15,17H,3,16,18H2,1-2H3,(H,28,30)(H,29,31). The maximum atomic E-state index is 12.0. The van der Waals surface area contributed by atoms with Crippen LogP contribution in [-0.4, -0.2) is 31.7 Å². The summed E-state index contributed by atoms with van der Waals surface area (Å²) in [7, 11) is 1.63. The van der Waals surface area contributed by atoms with Gasteiger partial charge in [0, 0.05) is 5.69 Å². The largest absolute Gasteiger partial charge is 0.497 e.